The smallest absolute Gasteiger partial charge is 0.238 e. The Morgan fingerprint density at radius 1 is 0.215 bits per heavy atom. The lowest BCUT2D eigenvalue weighted by atomic mass is 9.80. The van der Waals surface area contributed by atoms with E-state index in [1.165, 1.54) is 93.4 Å². The van der Waals surface area contributed by atoms with Crippen molar-refractivity contribution in [1.29, 1.82) is 0 Å². The number of fused-ring (bicyclic) bond motifs is 22. The average molecular weight is 1370 g/mol. The zero-order chi connectivity index (χ0) is 70.7. The normalized spacial score (nSPS) is 13.6. The fourth-order valence-electron chi connectivity index (χ4n) is 19.2. The molecule has 23 rings (SSSR count). The molecule has 502 valence electrons. The predicted octanol–water partition coefficient (Wildman–Crippen LogP) is 25.6. The Kier molecular flexibility index (Phi) is 12.3. The number of benzene rings is 15. The highest BCUT2D eigenvalue weighted by molar-refractivity contribution is 6.17. The van der Waals surface area contributed by atoms with Gasteiger partial charge in [0.2, 0.25) is 5.95 Å². The van der Waals surface area contributed by atoms with Gasteiger partial charge in [0, 0.05) is 82.1 Å². The highest BCUT2D eigenvalue weighted by Crippen LogP contribution is 2.55. The van der Waals surface area contributed by atoms with E-state index in [0.717, 1.165) is 117 Å². The quantitative estimate of drug-likeness (QED) is 0.152. The Bertz CT molecular complexity index is 7220. The van der Waals surface area contributed by atoms with Crippen LogP contribution in [-0.2, 0) is 10.8 Å². The molecule has 2 aliphatic rings. The number of aromatic nitrogens is 7. The molecule has 7 heteroatoms. The Morgan fingerprint density at radius 3 is 1.10 bits per heavy atom. The van der Waals surface area contributed by atoms with Crippen LogP contribution < -0.4 is 0 Å². The van der Waals surface area contributed by atoms with Gasteiger partial charge >= 0.3 is 0 Å². The first-order valence-electron chi connectivity index (χ1n) is 37.2. The van der Waals surface area contributed by atoms with E-state index < -0.39 is 0 Å². The number of rotatable bonds is 8. The first-order valence-corrected chi connectivity index (χ1v) is 37.2. The molecule has 0 saturated heterocycles. The van der Waals surface area contributed by atoms with Crippen molar-refractivity contribution in [2.75, 3.05) is 0 Å². The van der Waals surface area contributed by atoms with Crippen LogP contribution in [0.25, 0.3) is 194 Å². The lowest BCUT2D eigenvalue weighted by molar-refractivity contribution is 0.660. The van der Waals surface area contributed by atoms with Gasteiger partial charge in [0.1, 0.15) is 11.6 Å². The van der Waals surface area contributed by atoms with Crippen LogP contribution in [0.2, 0.25) is 0 Å². The third kappa shape index (κ3) is 8.42. The molecular formula is C100H67N7. The molecule has 107 heavy (non-hydrogen) atoms. The van der Waals surface area contributed by atoms with Crippen molar-refractivity contribution in [3.8, 4) is 84.6 Å². The standard InChI is InChI=1S/C100H67N7/c1-99(2)81-33-17-11-27-68(81)70-45-39-62(55-83(70)99)65-42-46-74-71-29-13-21-37-86(71)107(93(74)58-65)98-101-94(105-87-38-22-16-32-78(87)96-90(105)52-49-77-69-28-12-18-34-82(69)100(3,4)97(77)96)59-95(102-98)106-91-56-63(60-43-50-88-79(53-60)72-30-14-19-35-84(72)103(88)66-23-7-5-8-24-66)40-47-75(91)76-48-41-64(57-92(76)106)61-44-51-89-80(54-61)73-31-15-20-36-85(73)104(89)67-25-9-6-10-26-67/h5-59H,1-4H3. The van der Waals surface area contributed by atoms with Crippen LogP contribution in [0.3, 0.4) is 0 Å². The van der Waals surface area contributed by atoms with E-state index in [2.05, 4.69) is 384 Å². The van der Waals surface area contributed by atoms with Crippen LogP contribution in [0.5, 0.6) is 0 Å². The molecule has 0 bridgehead atoms. The summed E-state index contributed by atoms with van der Waals surface area (Å²) >= 11 is 0. The van der Waals surface area contributed by atoms with E-state index in [1.54, 1.807) is 0 Å². The Balaban J connectivity index is 0.807. The van der Waals surface area contributed by atoms with Gasteiger partial charge in [-0.3, -0.25) is 13.7 Å². The molecule has 15 aromatic carbocycles. The second-order valence-corrected chi connectivity index (χ2v) is 30.4. The molecule has 6 aromatic heterocycles. The summed E-state index contributed by atoms with van der Waals surface area (Å²) in [7, 11) is 0. The van der Waals surface area contributed by atoms with Crippen LogP contribution in [-0.4, -0.2) is 32.8 Å². The van der Waals surface area contributed by atoms with Crippen LogP contribution in [0.4, 0.5) is 0 Å². The molecule has 0 unspecified atom stereocenters. The van der Waals surface area contributed by atoms with E-state index in [1.807, 2.05) is 0 Å². The van der Waals surface area contributed by atoms with Gasteiger partial charge in [-0.15, -0.1) is 0 Å². The SMILES string of the molecule is CC1(C)c2ccccc2-c2ccc(-c3ccc4c5ccccc5n(-c5nc(-n6c7cc(-c8ccc9c(c8)c8ccccc8n9-c8ccccc8)ccc7c7ccc(-c8ccc9c(c8)c8ccccc8n9-c8ccccc8)cc76)cc(-n6c7ccccc7c7c8c(ccc76)-c6ccccc6C8(C)C)n5)c4c3)cc21. The minimum atomic E-state index is -0.285. The second-order valence-electron chi connectivity index (χ2n) is 30.4. The molecule has 0 aliphatic heterocycles. The molecular weight excluding hydrogens is 1300 g/mol. The van der Waals surface area contributed by atoms with Crippen molar-refractivity contribution in [2.24, 2.45) is 0 Å². The number of hydrogen-bond donors (Lipinski definition) is 0. The molecule has 0 saturated carbocycles. The molecule has 21 aromatic rings. The summed E-state index contributed by atoms with van der Waals surface area (Å²) in [6.45, 7) is 9.53. The number of para-hydroxylation sites is 6. The maximum absolute atomic E-state index is 6.10. The monoisotopic (exact) mass is 1370 g/mol. The molecule has 6 heterocycles. The third-order valence-corrected chi connectivity index (χ3v) is 24.1. The van der Waals surface area contributed by atoms with Gasteiger partial charge in [-0.25, -0.2) is 0 Å². The molecule has 0 fully saturated rings. The molecule has 7 nitrogen and oxygen atoms in total. The molecule has 0 atom stereocenters. The third-order valence-electron chi connectivity index (χ3n) is 24.1. The Labute approximate surface area is 617 Å². The van der Waals surface area contributed by atoms with Crippen molar-refractivity contribution in [3.63, 3.8) is 0 Å². The van der Waals surface area contributed by atoms with Crippen molar-refractivity contribution < 1.29 is 0 Å². The highest BCUT2D eigenvalue weighted by atomic mass is 15.2. The summed E-state index contributed by atoms with van der Waals surface area (Å²) in [4.78, 5) is 12.1. The number of hydrogen-bond acceptors (Lipinski definition) is 2. The molecule has 0 N–H and O–H groups in total. The summed E-state index contributed by atoms with van der Waals surface area (Å²) in [6, 6.07) is 124. The zero-order valence-electron chi connectivity index (χ0n) is 59.4. The van der Waals surface area contributed by atoms with Crippen molar-refractivity contribution in [1.82, 2.24) is 32.8 Å². The zero-order valence-corrected chi connectivity index (χ0v) is 59.4. The number of nitrogens with zero attached hydrogens (tertiary/aromatic N) is 7. The van der Waals surface area contributed by atoms with Crippen molar-refractivity contribution in [3.05, 3.63) is 356 Å². The fraction of sp³-hybridized carbons (Fsp3) is 0.0600. The minimum absolute atomic E-state index is 0.164. The summed E-state index contributed by atoms with van der Waals surface area (Å²) in [5.41, 5.74) is 30.1. The summed E-state index contributed by atoms with van der Waals surface area (Å²) in [5.74, 6) is 2.06. The van der Waals surface area contributed by atoms with Crippen molar-refractivity contribution >= 4 is 109 Å². The van der Waals surface area contributed by atoms with Gasteiger partial charge in [0.15, 0.2) is 0 Å². The molecule has 0 amide bonds. The van der Waals surface area contributed by atoms with Gasteiger partial charge in [-0.05, 0) is 181 Å². The largest absolute Gasteiger partial charge is 0.309 e. The maximum Gasteiger partial charge on any atom is 0.238 e. The van der Waals surface area contributed by atoms with Gasteiger partial charge < -0.3 is 9.13 Å². The summed E-state index contributed by atoms with van der Waals surface area (Å²) in [5, 5.41) is 11.7. The summed E-state index contributed by atoms with van der Waals surface area (Å²) < 4.78 is 12.0. The topological polar surface area (TPSA) is 50.4 Å². The van der Waals surface area contributed by atoms with Crippen LogP contribution in [0, 0.1) is 0 Å². The summed E-state index contributed by atoms with van der Waals surface area (Å²) in [6.07, 6.45) is 0. The first kappa shape index (κ1) is 59.9. The lowest BCUT2D eigenvalue weighted by Gasteiger charge is -2.22. The second kappa shape index (κ2) is 22.0. The average Bonchev–Trinajstić information content (AvgIpc) is 1.53. The first-order chi connectivity index (χ1) is 52.6. The maximum atomic E-state index is 6.10. The van der Waals surface area contributed by atoms with Gasteiger partial charge in [0.05, 0.1) is 55.2 Å². The lowest BCUT2D eigenvalue weighted by Crippen LogP contribution is -2.15. The van der Waals surface area contributed by atoms with E-state index in [-0.39, 0.29) is 10.8 Å². The molecule has 0 radical (unpaired) electrons. The highest BCUT2D eigenvalue weighted by Gasteiger charge is 2.39. The van der Waals surface area contributed by atoms with E-state index in [9.17, 15) is 0 Å². The van der Waals surface area contributed by atoms with Gasteiger partial charge in [-0.1, -0.05) is 252 Å². The Hall–Kier alpha value is -13.6. The van der Waals surface area contributed by atoms with Gasteiger partial charge in [-0.2, -0.15) is 9.97 Å². The van der Waals surface area contributed by atoms with E-state index >= 15 is 0 Å². The molecule has 2 aliphatic carbocycles. The minimum Gasteiger partial charge on any atom is -0.309 e. The fourth-order valence-corrected chi connectivity index (χ4v) is 19.2. The van der Waals surface area contributed by atoms with Crippen LogP contribution >= 0.6 is 0 Å². The predicted molar refractivity (Wildman–Crippen MR) is 445 cm³/mol. The van der Waals surface area contributed by atoms with E-state index in [4.69, 9.17) is 9.97 Å². The Morgan fingerprint density at radius 2 is 0.561 bits per heavy atom. The van der Waals surface area contributed by atoms with E-state index in [0.29, 0.717) is 5.95 Å². The van der Waals surface area contributed by atoms with Gasteiger partial charge in [0.25, 0.3) is 0 Å². The van der Waals surface area contributed by atoms with Crippen molar-refractivity contribution in [2.45, 2.75) is 38.5 Å². The van der Waals surface area contributed by atoms with Crippen LogP contribution in [0.15, 0.2) is 334 Å². The molecule has 0 spiro atoms. The van der Waals surface area contributed by atoms with Crippen LogP contribution in [0.1, 0.15) is 49.9 Å².